The molecule has 3 unspecified atom stereocenters. The number of amides is 3. The van der Waals surface area contributed by atoms with Crippen LogP contribution in [-0.2, 0) is 25.6 Å². The van der Waals surface area contributed by atoms with Gasteiger partial charge in [0.25, 0.3) is 0 Å². The third-order valence-electron chi connectivity index (χ3n) is 3.39. The zero-order valence-corrected chi connectivity index (χ0v) is 16.0. The first-order chi connectivity index (χ1) is 12.8. The van der Waals surface area contributed by atoms with Crippen molar-refractivity contribution >= 4 is 48.9 Å². The maximum atomic E-state index is 12.1. The number of hydrogen-bond donors (Lipinski definition) is 8. The molecule has 3 amide bonds. The topological polar surface area (TPSA) is 179 Å². The lowest BCUT2D eigenvalue weighted by Crippen LogP contribution is -2.54. The Labute approximate surface area is 166 Å². The smallest absolute Gasteiger partial charge is 0.327 e. The molecule has 1 aromatic heterocycles. The molecule has 0 fully saturated rings. The van der Waals surface area contributed by atoms with Crippen LogP contribution in [0.25, 0.3) is 0 Å². The minimum Gasteiger partial charge on any atom is -0.480 e. The summed E-state index contributed by atoms with van der Waals surface area (Å²) in [4.78, 5) is 53.4. The number of aromatic nitrogens is 2. The molecular formula is C14H22N6O5S2. The Morgan fingerprint density at radius 1 is 1.15 bits per heavy atom. The second-order valence-corrected chi connectivity index (χ2v) is 6.22. The van der Waals surface area contributed by atoms with E-state index < -0.39 is 48.4 Å². The molecule has 11 nitrogen and oxygen atoms in total. The van der Waals surface area contributed by atoms with Crippen molar-refractivity contribution in [1.82, 2.24) is 25.9 Å². The molecule has 7 N–H and O–H groups in total. The maximum absolute atomic E-state index is 12.1. The Balaban J connectivity index is 2.47. The van der Waals surface area contributed by atoms with E-state index in [2.05, 4.69) is 51.2 Å². The standard InChI is InChI=1S/C14H22N6O5S2/c15-8(1-7-2-16-6-18-7)12(22)20-9(4-26)13(23)17-3-11(21)19-10(5-27)14(24)25/h2,6,8-10,26-27H,1,3-5,15H2,(H,16,18)(H,17,23)(H,19,21)(H,20,22)(H,24,25). The number of thiol groups is 2. The minimum absolute atomic E-state index is 0.0235. The van der Waals surface area contributed by atoms with Crippen molar-refractivity contribution in [2.24, 2.45) is 5.73 Å². The lowest BCUT2D eigenvalue weighted by Gasteiger charge is -2.19. The molecule has 0 aliphatic heterocycles. The van der Waals surface area contributed by atoms with Gasteiger partial charge in [-0.1, -0.05) is 0 Å². The van der Waals surface area contributed by atoms with Gasteiger partial charge in [-0.15, -0.1) is 0 Å². The zero-order valence-electron chi connectivity index (χ0n) is 14.2. The van der Waals surface area contributed by atoms with Gasteiger partial charge in [-0.2, -0.15) is 25.3 Å². The van der Waals surface area contributed by atoms with E-state index in [1.54, 1.807) is 0 Å². The van der Waals surface area contributed by atoms with E-state index in [1.807, 2.05) is 0 Å². The van der Waals surface area contributed by atoms with E-state index in [1.165, 1.54) is 12.5 Å². The minimum atomic E-state index is -1.24. The molecule has 0 aromatic carbocycles. The highest BCUT2D eigenvalue weighted by molar-refractivity contribution is 7.80. The highest BCUT2D eigenvalue weighted by Crippen LogP contribution is 1.98. The van der Waals surface area contributed by atoms with E-state index in [0.29, 0.717) is 5.69 Å². The van der Waals surface area contributed by atoms with Crippen molar-refractivity contribution in [3.8, 4) is 0 Å². The van der Waals surface area contributed by atoms with Crippen molar-refractivity contribution < 1.29 is 24.3 Å². The van der Waals surface area contributed by atoms with Crippen LogP contribution < -0.4 is 21.7 Å². The Hall–Kier alpha value is -2.25. The lowest BCUT2D eigenvalue weighted by molar-refractivity contribution is -0.141. The van der Waals surface area contributed by atoms with Crippen LogP contribution in [0.1, 0.15) is 5.69 Å². The van der Waals surface area contributed by atoms with Crippen molar-refractivity contribution in [3.05, 3.63) is 18.2 Å². The zero-order chi connectivity index (χ0) is 20.4. The number of carbonyl (C=O) groups is 4. The van der Waals surface area contributed by atoms with Gasteiger partial charge >= 0.3 is 5.97 Å². The number of carboxylic acid groups (broad SMARTS) is 1. The summed E-state index contributed by atoms with van der Waals surface area (Å²) in [5, 5.41) is 15.8. The number of imidazole rings is 1. The van der Waals surface area contributed by atoms with Gasteiger partial charge in [0.2, 0.25) is 17.7 Å². The van der Waals surface area contributed by atoms with Crippen LogP contribution >= 0.6 is 25.3 Å². The van der Waals surface area contributed by atoms with Gasteiger partial charge < -0.3 is 31.8 Å². The number of nitrogens with zero attached hydrogens (tertiary/aromatic N) is 1. The monoisotopic (exact) mass is 418 g/mol. The summed E-state index contributed by atoms with van der Waals surface area (Å²) < 4.78 is 0. The summed E-state index contributed by atoms with van der Waals surface area (Å²) in [6.07, 6.45) is 3.19. The predicted octanol–water partition coefficient (Wildman–Crippen LogP) is -2.69. The number of carboxylic acids is 1. The third kappa shape index (κ3) is 7.88. The first-order valence-corrected chi connectivity index (χ1v) is 9.09. The van der Waals surface area contributed by atoms with Gasteiger partial charge in [-0.05, 0) is 0 Å². The van der Waals surface area contributed by atoms with Gasteiger partial charge in [-0.3, -0.25) is 14.4 Å². The highest BCUT2D eigenvalue weighted by atomic mass is 32.1. The molecule has 3 atom stereocenters. The Kier molecular flexibility index (Phi) is 9.67. The van der Waals surface area contributed by atoms with Crippen LogP contribution in [0, 0.1) is 0 Å². The van der Waals surface area contributed by atoms with Crippen LogP contribution in [0.15, 0.2) is 12.5 Å². The highest BCUT2D eigenvalue weighted by Gasteiger charge is 2.24. The molecule has 150 valence electrons. The largest absolute Gasteiger partial charge is 0.480 e. The average molecular weight is 419 g/mol. The SMILES string of the molecule is NC(Cc1cnc[nH]1)C(=O)NC(CS)C(=O)NCC(=O)NC(CS)C(=O)O. The van der Waals surface area contributed by atoms with Crippen molar-refractivity contribution in [2.75, 3.05) is 18.1 Å². The summed E-state index contributed by atoms with van der Waals surface area (Å²) >= 11 is 7.82. The van der Waals surface area contributed by atoms with Crippen molar-refractivity contribution in [1.29, 1.82) is 0 Å². The second kappa shape index (κ2) is 11.5. The van der Waals surface area contributed by atoms with Gasteiger partial charge in [0.05, 0.1) is 18.9 Å². The van der Waals surface area contributed by atoms with Gasteiger partial charge in [0.1, 0.15) is 12.1 Å². The fourth-order valence-electron chi connectivity index (χ4n) is 1.92. The molecule has 27 heavy (non-hydrogen) atoms. The number of nitrogens with one attached hydrogen (secondary N) is 4. The van der Waals surface area contributed by atoms with Crippen molar-refractivity contribution in [2.45, 2.75) is 24.5 Å². The second-order valence-electron chi connectivity index (χ2n) is 5.49. The fraction of sp³-hybridized carbons (Fsp3) is 0.500. The van der Waals surface area contributed by atoms with E-state index in [4.69, 9.17) is 10.8 Å². The number of carbonyl (C=O) groups excluding carboxylic acids is 3. The van der Waals surface area contributed by atoms with E-state index >= 15 is 0 Å². The van der Waals surface area contributed by atoms with Crippen LogP contribution in [0.3, 0.4) is 0 Å². The predicted molar refractivity (Wildman–Crippen MR) is 102 cm³/mol. The summed E-state index contributed by atoms with van der Waals surface area (Å²) in [6.45, 7) is -0.462. The van der Waals surface area contributed by atoms with Crippen molar-refractivity contribution in [3.63, 3.8) is 0 Å². The molecule has 0 saturated carbocycles. The average Bonchev–Trinajstić information content (AvgIpc) is 3.14. The molecule has 13 heteroatoms. The molecule has 0 radical (unpaired) electrons. The summed E-state index contributed by atoms with van der Waals surface area (Å²) in [5.74, 6) is -3.28. The van der Waals surface area contributed by atoms with Crippen LogP contribution in [-0.4, -0.2) is 74.9 Å². The van der Waals surface area contributed by atoms with Gasteiger partial charge in [-0.25, -0.2) is 9.78 Å². The molecule has 1 rings (SSSR count). The number of rotatable bonds is 11. The third-order valence-corrected chi connectivity index (χ3v) is 4.12. The molecule has 0 bridgehead atoms. The Morgan fingerprint density at radius 2 is 1.81 bits per heavy atom. The maximum Gasteiger partial charge on any atom is 0.327 e. The Bertz CT molecular complexity index is 656. The molecule has 0 spiro atoms. The number of aromatic amines is 1. The van der Waals surface area contributed by atoms with E-state index in [-0.39, 0.29) is 17.9 Å². The van der Waals surface area contributed by atoms with Crippen LogP contribution in [0.4, 0.5) is 0 Å². The number of H-pyrrole nitrogens is 1. The summed E-state index contributed by atoms with van der Waals surface area (Å²) in [7, 11) is 0. The van der Waals surface area contributed by atoms with E-state index in [0.717, 1.165) is 0 Å². The molecule has 0 aliphatic carbocycles. The molecule has 0 aliphatic rings. The van der Waals surface area contributed by atoms with E-state index in [9.17, 15) is 19.2 Å². The molecule has 1 heterocycles. The Morgan fingerprint density at radius 3 is 2.33 bits per heavy atom. The fourth-order valence-corrected chi connectivity index (χ4v) is 2.42. The summed E-state index contributed by atoms with van der Waals surface area (Å²) in [6, 6.07) is -3.09. The summed E-state index contributed by atoms with van der Waals surface area (Å²) in [5.41, 5.74) is 6.45. The first kappa shape index (κ1) is 22.8. The number of aliphatic carboxylic acids is 1. The first-order valence-electron chi connectivity index (χ1n) is 7.83. The lowest BCUT2D eigenvalue weighted by atomic mass is 10.1. The molecule has 1 aromatic rings. The molecular weight excluding hydrogens is 396 g/mol. The van der Waals surface area contributed by atoms with Crippen LogP contribution in [0.5, 0.6) is 0 Å². The number of nitrogens with two attached hydrogens (primary N) is 1. The number of hydrogen-bond acceptors (Lipinski definition) is 8. The quantitative estimate of drug-likeness (QED) is 0.180. The van der Waals surface area contributed by atoms with Gasteiger partial charge in [0.15, 0.2) is 0 Å². The van der Waals surface area contributed by atoms with Crippen LogP contribution in [0.2, 0.25) is 0 Å². The van der Waals surface area contributed by atoms with Gasteiger partial charge in [0, 0.05) is 29.8 Å². The molecule has 0 saturated heterocycles. The normalized spacial score (nSPS) is 13.9.